The molecule has 1 unspecified atom stereocenters. The molecule has 0 saturated carbocycles. The summed E-state index contributed by atoms with van der Waals surface area (Å²) in [5.74, 6) is -1.38. The highest BCUT2D eigenvalue weighted by Crippen LogP contribution is 2.17. The van der Waals surface area contributed by atoms with E-state index in [9.17, 15) is 19.2 Å². The van der Waals surface area contributed by atoms with Crippen LogP contribution in [-0.2, 0) is 19.2 Å². The summed E-state index contributed by atoms with van der Waals surface area (Å²) in [5.41, 5.74) is -0.950. The Morgan fingerprint density at radius 3 is 2.38 bits per heavy atom. The van der Waals surface area contributed by atoms with Gasteiger partial charge in [-0.15, -0.1) is 0 Å². The van der Waals surface area contributed by atoms with Crippen molar-refractivity contribution in [1.29, 1.82) is 0 Å². The minimum absolute atomic E-state index is 0.0225. The summed E-state index contributed by atoms with van der Waals surface area (Å²) in [6.45, 7) is 8.26. The number of carbonyl (C=O) groups excluding carboxylic acids is 4. The van der Waals surface area contributed by atoms with Gasteiger partial charge in [0.25, 0.3) is 0 Å². The lowest BCUT2D eigenvalue weighted by Crippen LogP contribution is -2.65. The number of hydrogen-bond donors (Lipinski definition) is 2. The molecule has 0 spiro atoms. The molecule has 0 radical (unpaired) electrons. The van der Waals surface area contributed by atoms with Gasteiger partial charge in [-0.2, -0.15) is 0 Å². The summed E-state index contributed by atoms with van der Waals surface area (Å²) in [6.07, 6.45) is 0. The van der Waals surface area contributed by atoms with Crippen molar-refractivity contribution < 1.29 is 19.2 Å². The second-order valence-corrected chi connectivity index (χ2v) is 6.19. The Labute approximate surface area is 124 Å². The number of rotatable bonds is 5. The first-order valence-corrected chi connectivity index (χ1v) is 6.95. The molecule has 0 aromatic rings. The molecule has 1 aliphatic rings. The fourth-order valence-corrected chi connectivity index (χ4v) is 2.22. The van der Waals surface area contributed by atoms with E-state index >= 15 is 0 Å². The maximum Gasteiger partial charge on any atom is 0.246 e. The standard InChI is InChI=1S/C14H23N3O4/c1-8(2)12(9(3)18)15-10(19)6-17-7-11(20)16-13(21)14(17,4)5/h8,12H,6-7H2,1-5H3,(H,15,19)(H,16,20,21). The molecule has 0 aromatic heterocycles. The molecule has 0 aromatic carbocycles. The zero-order valence-electron chi connectivity index (χ0n) is 13.1. The molecule has 1 fully saturated rings. The van der Waals surface area contributed by atoms with Gasteiger partial charge in [-0.3, -0.25) is 29.4 Å². The Morgan fingerprint density at radius 2 is 1.90 bits per heavy atom. The van der Waals surface area contributed by atoms with E-state index in [1.165, 1.54) is 11.8 Å². The largest absolute Gasteiger partial charge is 0.345 e. The first-order chi connectivity index (χ1) is 9.55. The van der Waals surface area contributed by atoms with E-state index in [2.05, 4.69) is 10.6 Å². The number of Topliss-reactive ketones (excluding diaryl/α,β-unsaturated/α-hetero) is 1. The lowest BCUT2D eigenvalue weighted by molar-refractivity contribution is -0.146. The van der Waals surface area contributed by atoms with Crippen molar-refractivity contribution in [3.05, 3.63) is 0 Å². The van der Waals surface area contributed by atoms with Crippen LogP contribution < -0.4 is 10.6 Å². The summed E-state index contributed by atoms with van der Waals surface area (Å²) in [6, 6.07) is -0.560. The first kappa shape index (κ1) is 17.3. The number of hydrogen-bond acceptors (Lipinski definition) is 5. The summed E-state index contributed by atoms with van der Waals surface area (Å²) in [4.78, 5) is 48.3. The van der Waals surface area contributed by atoms with Gasteiger partial charge in [-0.25, -0.2) is 0 Å². The molecule has 118 valence electrons. The molecule has 1 rings (SSSR count). The molecule has 1 heterocycles. The maximum atomic E-state index is 12.1. The summed E-state index contributed by atoms with van der Waals surface area (Å²) >= 11 is 0. The molecule has 7 heteroatoms. The lowest BCUT2D eigenvalue weighted by Gasteiger charge is -2.39. The topological polar surface area (TPSA) is 95.6 Å². The molecule has 0 aliphatic carbocycles. The van der Waals surface area contributed by atoms with E-state index in [0.29, 0.717) is 0 Å². The number of ketones is 1. The molecule has 1 saturated heterocycles. The highest BCUT2D eigenvalue weighted by Gasteiger charge is 2.41. The van der Waals surface area contributed by atoms with Crippen LogP contribution in [-0.4, -0.2) is 53.1 Å². The molecule has 7 nitrogen and oxygen atoms in total. The normalized spacial score (nSPS) is 20.1. The molecule has 0 bridgehead atoms. The number of nitrogens with zero attached hydrogens (tertiary/aromatic N) is 1. The predicted octanol–water partition coefficient (Wildman–Crippen LogP) is -0.547. The van der Waals surface area contributed by atoms with Gasteiger partial charge in [0, 0.05) is 0 Å². The molecule has 2 N–H and O–H groups in total. The Bertz CT molecular complexity index is 471. The van der Waals surface area contributed by atoms with E-state index in [-0.39, 0.29) is 30.7 Å². The quantitative estimate of drug-likeness (QED) is 0.664. The number of imide groups is 1. The van der Waals surface area contributed by atoms with Crippen molar-refractivity contribution in [3.8, 4) is 0 Å². The second-order valence-electron chi connectivity index (χ2n) is 6.19. The van der Waals surface area contributed by atoms with Crippen LogP contribution in [0.3, 0.4) is 0 Å². The Balaban J connectivity index is 2.75. The minimum atomic E-state index is -0.950. The van der Waals surface area contributed by atoms with Crippen LogP contribution in [0.1, 0.15) is 34.6 Å². The van der Waals surface area contributed by atoms with Crippen molar-refractivity contribution in [2.75, 3.05) is 13.1 Å². The first-order valence-electron chi connectivity index (χ1n) is 6.95. The fraction of sp³-hybridized carbons (Fsp3) is 0.714. The lowest BCUT2D eigenvalue weighted by atomic mass is 9.98. The Kier molecular flexibility index (Phi) is 5.22. The Morgan fingerprint density at radius 1 is 1.33 bits per heavy atom. The van der Waals surface area contributed by atoms with Crippen LogP contribution in [0, 0.1) is 5.92 Å². The monoisotopic (exact) mass is 297 g/mol. The van der Waals surface area contributed by atoms with E-state index in [1.54, 1.807) is 13.8 Å². The van der Waals surface area contributed by atoms with Gasteiger partial charge in [-0.1, -0.05) is 13.8 Å². The van der Waals surface area contributed by atoms with Gasteiger partial charge in [0.1, 0.15) is 0 Å². The molecule has 21 heavy (non-hydrogen) atoms. The third-order valence-corrected chi connectivity index (χ3v) is 3.69. The minimum Gasteiger partial charge on any atom is -0.345 e. The van der Waals surface area contributed by atoms with Gasteiger partial charge >= 0.3 is 0 Å². The predicted molar refractivity (Wildman–Crippen MR) is 76.3 cm³/mol. The van der Waals surface area contributed by atoms with Crippen LogP contribution in [0.25, 0.3) is 0 Å². The van der Waals surface area contributed by atoms with Gasteiger partial charge in [0.2, 0.25) is 17.7 Å². The molecular formula is C14H23N3O4. The number of carbonyl (C=O) groups is 4. The van der Waals surface area contributed by atoms with Crippen LogP contribution in [0.4, 0.5) is 0 Å². The van der Waals surface area contributed by atoms with Crippen LogP contribution in [0.5, 0.6) is 0 Å². The molecular weight excluding hydrogens is 274 g/mol. The zero-order chi connectivity index (χ0) is 16.4. The van der Waals surface area contributed by atoms with Crippen LogP contribution in [0.15, 0.2) is 0 Å². The molecule has 1 aliphatic heterocycles. The SMILES string of the molecule is CC(=O)C(NC(=O)CN1CC(=O)NC(=O)C1(C)C)C(C)C. The fourth-order valence-electron chi connectivity index (χ4n) is 2.22. The highest BCUT2D eigenvalue weighted by molar-refractivity contribution is 6.03. The van der Waals surface area contributed by atoms with Gasteiger partial charge in [0.15, 0.2) is 5.78 Å². The Hall–Kier alpha value is -1.76. The maximum absolute atomic E-state index is 12.1. The highest BCUT2D eigenvalue weighted by atomic mass is 16.2. The number of amides is 3. The van der Waals surface area contributed by atoms with Crippen molar-refractivity contribution in [2.24, 2.45) is 5.92 Å². The van der Waals surface area contributed by atoms with E-state index in [4.69, 9.17) is 0 Å². The third-order valence-electron chi connectivity index (χ3n) is 3.69. The van der Waals surface area contributed by atoms with E-state index < -0.39 is 23.4 Å². The van der Waals surface area contributed by atoms with Crippen LogP contribution in [0.2, 0.25) is 0 Å². The summed E-state index contributed by atoms with van der Waals surface area (Å²) < 4.78 is 0. The second kappa shape index (κ2) is 6.34. The van der Waals surface area contributed by atoms with Crippen molar-refractivity contribution >= 4 is 23.5 Å². The smallest absolute Gasteiger partial charge is 0.246 e. The average Bonchev–Trinajstić information content (AvgIpc) is 2.32. The zero-order valence-corrected chi connectivity index (χ0v) is 13.1. The molecule has 1 atom stereocenters. The number of piperazine rings is 1. The summed E-state index contributed by atoms with van der Waals surface area (Å²) in [7, 11) is 0. The van der Waals surface area contributed by atoms with Gasteiger partial charge < -0.3 is 5.32 Å². The number of nitrogens with one attached hydrogen (secondary N) is 2. The van der Waals surface area contributed by atoms with Crippen LogP contribution >= 0.6 is 0 Å². The van der Waals surface area contributed by atoms with E-state index in [1.807, 2.05) is 13.8 Å². The van der Waals surface area contributed by atoms with Crippen molar-refractivity contribution in [1.82, 2.24) is 15.5 Å². The third kappa shape index (κ3) is 4.10. The molecule has 3 amide bonds. The summed E-state index contributed by atoms with van der Waals surface area (Å²) in [5, 5.41) is 4.90. The van der Waals surface area contributed by atoms with Gasteiger partial charge in [-0.05, 0) is 26.7 Å². The van der Waals surface area contributed by atoms with E-state index in [0.717, 1.165) is 0 Å². The van der Waals surface area contributed by atoms with Gasteiger partial charge in [0.05, 0.1) is 24.7 Å². The average molecular weight is 297 g/mol. The van der Waals surface area contributed by atoms with Crippen molar-refractivity contribution in [2.45, 2.75) is 46.2 Å². The van der Waals surface area contributed by atoms with Crippen molar-refractivity contribution in [3.63, 3.8) is 0 Å².